The summed E-state index contributed by atoms with van der Waals surface area (Å²) in [5.41, 5.74) is 1.90. The summed E-state index contributed by atoms with van der Waals surface area (Å²) in [6, 6.07) is 12.4. The van der Waals surface area contributed by atoms with E-state index in [2.05, 4.69) is 5.32 Å². The zero-order chi connectivity index (χ0) is 21.4. The minimum absolute atomic E-state index is 0.220. The number of benzene rings is 2. The van der Waals surface area contributed by atoms with E-state index in [0.29, 0.717) is 30.0 Å². The second-order valence-electron chi connectivity index (χ2n) is 7.60. The Hall–Kier alpha value is -3.55. The number of fused-ring (bicyclic) bond motifs is 1. The number of methoxy groups -OCH3 is 1. The molecule has 2 saturated heterocycles. The molecule has 2 fully saturated rings. The summed E-state index contributed by atoms with van der Waals surface area (Å²) >= 11 is 0. The fourth-order valence-electron chi connectivity index (χ4n) is 3.99. The lowest BCUT2D eigenvalue weighted by Crippen LogP contribution is -2.65. The van der Waals surface area contributed by atoms with Crippen LogP contribution < -0.4 is 19.9 Å². The molecule has 0 aromatic heterocycles. The maximum absolute atomic E-state index is 13.3. The first-order valence-corrected chi connectivity index (χ1v) is 9.77. The van der Waals surface area contributed by atoms with Gasteiger partial charge in [-0.3, -0.25) is 9.59 Å². The molecule has 0 aliphatic carbocycles. The van der Waals surface area contributed by atoms with E-state index < -0.39 is 24.0 Å². The van der Waals surface area contributed by atoms with Crippen LogP contribution in [0.5, 0.6) is 5.75 Å². The monoisotopic (exact) mass is 408 g/mol. The van der Waals surface area contributed by atoms with E-state index in [1.54, 1.807) is 41.3 Å². The lowest BCUT2D eigenvalue weighted by Gasteiger charge is -2.37. The molecule has 0 radical (unpaired) electrons. The number of carbonyl (C=O) groups is 3. The predicted molar refractivity (Wildman–Crippen MR) is 113 cm³/mol. The molecule has 0 unspecified atom stereocenters. The van der Waals surface area contributed by atoms with Crippen LogP contribution in [-0.2, 0) is 4.79 Å². The quantitative estimate of drug-likeness (QED) is 0.838. The van der Waals surface area contributed by atoms with Gasteiger partial charge in [-0.2, -0.15) is 0 Å². The number of anilines is 2. The maximum Gasteiger partial charge on any atom is 0.329 e. The summed E-state index contributed by atoms with van der Waals surface area (Å²) in [4.78, 5) is 43.7. The summed E-state index contributed by atoms with van der Waals surface area (Å²) in [7, 11) is 5.38. The number of hydrogen-bond donors (Lipinski definition) is 1. The molecule has 0 spiro atoms. The molecular weight excluding hydrogens is 384 g/mol. The van der Waals surface area contributed by atoms with Gasteiger partial charge < -0.3 is 19.9 Å². The van der Waals surface area contributed by atoms with Crippen LogP contribution in [0.1, 0.15) is 16.8 Å². The average molecular weight is 408 g/mol. The fourth-order valence-corrected chi connectivity index (χ4v) is 3.99. The predicted octanol–water partition coefficient (Wildman–Crippen LogP) is 2.10. The van der Waals surface area contributed by atoms with E-state index in [4.69, 9.17) is 4.74 Å². The topological polar surface area (TPSA) is 82.2 Å². The summed E-state index contributed by atoms with van der Waals surface area (Å²) < 4.78 is 5.21. The van der Waals surface area contributed by atoms with Crippen molar-refractivity contribution in [2.24, 2.45) is 0 Å². The van der Waals surface area contributed by atoms with Crippen molar-refractivity contribution in [2.75, 3.05) is 37.5 Å². The van der Waals surface area contributed by atoms with Crippen molar-refractivity contribution < 1.29 is 19.1 Å². The Labute approximate surface area is 175 Å². The van der Waals surface area contributed by atoms with Crippen LogP contribution in [0.15, 0.2) is 48.5 Å². The van der Waals surface area contributed by atoms with Crippen molar-refractivity contribution >= 4 is 29.2 Å². The number of likely N-dealkylation sites (tertiary alicyclic amines) is 1. The molecule has 8 heteroatoms. The van der Waals surface area contributed by atoms with E-state index >= 15 is 0 Å². The Morgan fingerprint density at radius 2 is 1.87 bits per heavy atom. The van der Waals surface area contributed by atoms with Crippen molar-refractivity contribution in [3.8, 4) is 5.75 Å². The first kappa shape index (κ1) is 19.8. The molecule has 1 N–H and O–H groups in total. The molecule has 2 aromatic carbocycles. The maximum atomic E-state index is 13.3. The lowest BCUT2D eigenvalue weighted by molar-refractivity contribution is -0.122. The van der Waals surface area contributed by atoms with Crippen molar-refractivity contribution in [3.05, 3.63) is 54.1 Å². The average Bonchev–Trinajstić information content (AvgIpc) is 3.17. The molecule has 2 atom stereocenters. The second kappa shape index (κ2) is 7.70. The van der Waals surface area contributed by atoms with Crippen molar-refractivity contribution in [3.63, 3.8) is 0 Å². The van der Waals surface area contributed by atoms with E-state index in [9.17, 15) is 14.4 Å². The number of ether oxygens (including phenoxy) is 1. The Morgan fingerprint density at radius 1 is 1.13 bits per heavy atom. The molecule has 0 saturated carbocycles. The zero-order valence-corrected chi connectivity index (χ0v) is 17.2. The van der Waals surface area contributed by atoms with Crippen LogP contribution in [0.3, 0.4) is 0 Å². The van der Waals surface area contributed by atoms with Gasteiger partial charge in [0.15, 0.2) is 0 Å². The highest BCUT2D eigenvalue weighted by Gasteiger charge is 2.50. The molecule has 2 heterocycles. The van der Waals surface area contributed by atoms with Crippen molar-refractivity contribution in [1.29, 1.82) is 0 Å². The molecule has 30 heavy (non-hydrogen) atoms. The van der Waals surface area contributed by atoms with Gasteiger partial charge in [-0.25, -0.2) is 9.69 Å². The van der Waals surface area contributed by atoms with Gasteiger partial charge >= 0.3 is 6.03 Å². The molecule has 8 nitrogen and oxygen atoms in total. The van der Waals surface area contributed by atoms with E-state index in [1.165, 1.54) is 7.11 Å². The number of amides is 4. The summed E-state index contributed by atoms with van der Waals surface area (Å²) in [5.74, 6) is -0.0915. The van der Waals surface area contributed by atoms with Crippen molar-refractivity contribution in [1.82, 2.24) is 10.2 Å². The van der Waals surface area contributed by atoms with Gasteiger partial charge in [0.05, 0.1) is 18.8 Å². The third kappa shape index (κ3) is 3.34. The Morgan fingerprint density at radius 3 is 2.53 bits per heavy atom. The highest BCUT2D eigenvalue weighted by atomic mass is 16.5. The van der Waals surface area contributed by atoms with E-state index in [1.807, 2.05) is 31.1 Å². The molecule has 2 aromatic rings. The summed E-state index contributed by atoms with van der Waals surface area (Å²) in [6.07, 6.45) is 0.537. The fraction of sp³-hybridized carbons (Fsp3) is 0.318. The Kier molecular flexibility index (Phi) is 5.07. The smallest absolute Gasteiger partial charge is 0.329 e. The van der Waals surface area contributed by atoms with Crippen LogP contribution in [-0.4, -0.2) is 62.6 Å². The number of carbonyl (C=O) groups excluding carboxylic acids is 3. The molecule has 0 bridgehead atoms. The number of urea groups is 1. The minimum atomic E-state index is -0.741. The van der Waals surface area contributed by atoms with Gasteiger partial charge in [0.1, 0.15) is 11.8 Å². The molecule has 2 aliphatic rings. The van der Waals surface area contributed by atoms with Crippen LogP contribution in [0.25, 0.3) is 0 Å². The number of nitrogens with zero attached hydrogens (tertiary/aromatic N) is 3. The number of imide groups is 1. The summed E-state index contributed by atoms with van der Waals surface area (Å²) in [5, 5.41) is 2.88. The number of nitrogens with one attached hydrogen (secondary N) is 1. The first-order valence-electron chi connectivity index (χ1n) is 9.77. The van der Waals surface area contributed by atoms with Gasteiger partial charge in [-0.05, 0) is 42.8 Å². The Bertz CT molecular complexity index is 989. The number of rotatable bonds is 4. The molecular formula is C22H24N4O4. The SMILES string of the molecule is COc1cccc(N2C(=O)N[C@@H]3CCN(C(=O)c4ccc(N(C)C)cc4)[C@@H]3C2=O)c1. The van der Waals surface area contributed by atoms with Gasteiger partial charge in [0, 0.05) is 38.0 Å². The highest BCUT2D eigenvalue weighted by Crippen LogP contribution is 2.30. The van der Waals surface area contributed by atoms with Crippen LogP contribution >= 0.6 is 0 Å². The molecule has 2 aliphatic heterocycles. The number of hydrogen-bond acceptors (Lipinski definition) is 5. The van der Waals surface area contributed by atoms with Gasteiger partial charge in [0.2, 0.25) is 0 Å². The normalized spacial score (nSPS) is 20.6. The lowest BCUT2D eigenvalue weighted by atomic mass is 10.0. The third-order valence-electron chi connectivity index (χ3n) is 5.59. The van der Waals surface area contributed by atoms with Gasteiger partial charge in [-0.1, -0.05) is 6.07 Å². The molecule has 156 valence electrons. The minimum Gasteiger partial charge on any atom is -0.497 e. The highest BCUT2D eigenvalue weighted by molar-refractivity contribution is 6.19. The second-order valence-corrected chi connectivity index (χ2v) is 7.60. The van der Waals surface area contributed by atoms with E-state index in [0.717, 1.165) is 10.6 Å². The first-order chi connectivity index (χ1) is 14.4. The summed E-state index contributed by atoms with van der Waals surface area (Å²) in [6.45, 7) is 0.404. The largest absolute Gasteiger partial charge is 0.497 e. The van der Waals surface area contributed by atoms with Gasteiger partial charge in [0.25, 0.3) is 11.8 Å². The van der Waals surface area contributed by atoms with E-state index in [-0.39, 0.29) is 5.91 Å². The third-order valence-corrected chi connectivity index (χ3v) is 5.59. The van der Waals surface area contributed by atoms with Crippen LogP contribution in [0, 0.1) is 0 Å². The van der Waals surface area contributed by atoms with Crippen LogP contribution in [0.4, 0.5) is 16.2 Å². The molecule has 4 amide bonds. The van der Waals surface area contributed by atoms with Crippen LogP contribution in [0.2, 0.25) is 0 Å². The van der Waals surface area contributed by atoms with Gasteiger partial charge in [-0.15, -0.1) is 0 Å². The molecule has 4 rings (SSSR count). The standard InChI is InChI=1S/C22H24N4O4/c1-24(2)15-9-7-14(8-10-15)20(27)25-12-11-18-19(25)21(28)26(22(29)23-18)16-5-4-6-17(13-16)30-3/h4-10,13,18-19H,11-12H2,1-3H3,(H,23,29)/t18-,19+/m1/s1. The van der Waals surface area contributed by atoms with Crippen molar-refractivity contribution in [2.45, 2.75) is 18.5 Å². The Balaban J connectivity index is 1.61. The zero-order valence-electron chi connectivity index (χ0n) is 17.2.